The Morgan fingerprint density at radius 3 is 2.56 bits per heavy atom. The summed E-state index contributed by atoms with van der Waals surface area (Å²) in [6.07, 6.45) is -4.36. The molecule has 0 aliphatic heterocycles. The first-order chi connectivity index (χ1) is 7.40. The van der Waals surface area contributed by atoms with Crippen LogP contribution >= 0.6 is 23.2 Å². The molecule has 1 aromatic carbocycles. The Kier molecular flexibility index (Phi) is 4.86. The van der Waals surface area contributed by atoms with Gasteiger partial charge < -0.3 is 0 Å². The molecule has 0 amide bonds. The number of alkyl halides is 3. The summed E-state index contributed by atoms with van der Waals surface area (Å²) in [5, 5.41) is 0.643. The number of hydroxylamine groups is 1. The van der Waals surface area contributed by atoms with Crippen LogP contribution in [0.1, 0.15) is 5.56 Å². The van der Waals surface area contributed by atoms with Gasteiger partial charge in [-0.25, -0.2) is 0 Å². The number of hydrogen-bond acceptors (Lipinski definition) is 2. The van der Waals surface area contributed by atoms with E-state index in [9.17, 15) is 13.2 Å². The van der Waals surface area contributed by atoms with E-state index < -0.39 is 12.8 Å². The Balaban J connectivity index is 2.41. The third kappa shape index (κ3) is 4.57. The zero-order valence-corrected chi connectivity index (χ0v) is 9.46. The SMILES string of the molecule is FC(F)(F)CONCc1cccc(Cl)c1Cl. The summed E-state index contributed by atoms with van der Waals surface area (Å²) in [6, 6.07) is 4.87. The largest absolute Gasteiger partial charge is 0.413 e. The maximum absolute atomic E-state index is 11.7. The van der Waals surface area contributed by atoms with E-state index in [0.29, 0.717) is 15.6 Å². The molecular weight excluding hydrogens is 266 g/mol. The molecule has 1 aromatic rings. The van der Waals surface area contributed by atoms with Crippen molar-refractivity contribution < 1.29 is 18.0 Å². The molecule has 0 unspecified atom stereocenters. The van der Waals surface area contributed by atoms with E-state index in [1.807, 2.05) is 0 Å². The molecule has 7 heteroatoms. The van der Waals surface area contributed by atoms with E-state index in [-0.39, 0.29) is 6.54 Å². The second kappa shape index (κ2) is 5.72. The van der Waals surface area contributed by atoms with Gasteiger partial charge in [0.2, 0.25) is 0 Å². The number of halogens is 5. The zero-order valence-electron chi connectivity index (χ0n) is 7.94. The molecule has 0 radical (unpaired) electrons. The Labute approximate surface area is 100 Å². The predicted octanol–water partition coefficient (Wildman–Crippen LogP) is 3.58. The highest BCUT2D eigenvalue weighted by Crippen LogP contribution is 2.25. The van der Waals surface area contributed by atoms with Crippen molar-refractivity contribution in [1.29, 1.82) is 0 Å². The van der Waals surface area contributed by atoms with E-state index in [1.165, 1.54) is 0 Å². The summed E-state index contributed by atoms with van der Waals surface area (Å²) in [5.74, 6) is 0. The maximum atomic E-state index is 11.7. The van der Waals surface area contributed by atoms with Gasteiger partial charge in [0.15, 0.2) is 6.61 Å². The first-order valence-electron chi connectivity index (χ1n) is 4.24. The van der Waals surface area contributed by atoms with Gasteiger partial charge >= 0.3 is 6.18 Å². The highest BCUT2D eigenvalue weighted by Gasteiger charge is 2.27. The van der Waals surface area contributed by atoms with Gasteiger partial charge in [-0.05, 0) is 11.6 Å². The Hall–Kier alpha value is -0.490. The molecule has 0 aliphatic rings. The normalized spacial score (nSPS) is 11.8. The number of rotatable bonds is 4. The van der Waals surface area contributed by atoms with Gasteiger partial charge in [-0.1, -0.05) is 35.3 Å². The number of benzene rings is 1. The lowest BCUT2D eigenvalue weighted by atomic mass is 10.2. The van der Waals surface area contributed by atoms with Crippen LogP contribution in [0, 0.1) is 0 Å². The fourth-order valence-electron chi connectivity index (χ4n) is 0.947. The standard InChI is InChI=1S/C9H8Cl2F3NO/c10-7-3-1-2-6(8(7)11)4-15-16-5-9(12,13)14/h1-3,15H,4-5H2. The summed E-state index contributed by atoms with van der Waals surface area (Å²) >= 11 is 11.5. The molecule has 0 fully saturated rings. The highest BCUT2D eigenvalue weighted by molar-refractivity contribution is 6.42. The Morgan fingerprint density at radius 2 is 1.94 bits per heavy atom. The van der Waals surface area contributed by atoms with Crippen LogP contribution in [-0.4, -0.2) is 12.8 Å². The molecule has 0 saturated heterocycles. The Bertz CT molecular complexity index is 357. The van der Waals surface area contributed by atoms with Crippen LogP contribution in [0.3, 0.4) is 0 Å². The molecule has 16 heavy (non-hydrogen) atoms. The third-order valence-corrected chi connectivity index (χ3v) is 2.49. The Morgan fingerprint density at radius 1 is 1.25 bits per heavy atom. The van der Waals surface area contributed by atoms with Crippen LogP contribution in [0.5, 0.6) is 0 Å². The molecule has 0 heterocycles. The molecule has 1 N–H and O–H groups in total. The van der Waals surface area contributed by atoms with E-state index in [0.717, 1.165) is 0 Å². The van der Waals surface area contributed by atoms with Crippen LogP contribution in [0.2, 0.25) is 10.0 Å². The van der Waals surface area contributed by atoms with Crippen molar-refractivity contribution in [3.8, 4) is 0 Å². The minimum absolute atomic E-state index is 0.0511. The fraction of sp³-hybridized carbons (Fsp3) is 0.333. The highest BCUT2D eigenvalue weighted by atomic mass is 35.5. The third-order valence-electron chi connectivity index (χ3n) is 1.63. The van der Waals surface area contributed by atoms with Crippen molar-refractivity contribution in [2.75, 3.05) is 6.61 Å². The van der Waals surface area contributed by atoms with Crippen molar-refractivity contribution >= 4 is 23.2 Å². The van der Waals surface area contributed by atoms with Gasteiger partial charge in [-0.15, -0.1) is 0 Å². The second-order valence-corrected chi connectivity index (χ2v) is 3.72. The molecule has 0 atom stereocenters. The summed E-state index contributed by atoms with van der Waals surface area (Å²) in [5.41, 5.74) is 2.73. The molecule has 0 aliphatic carbocycles. The van der Waals surface area contributed by atoms with Gasteiger partial charge in [-0.3, -0.25) is 4.84 Å². The summed E-state index contributed by atoms with van der Waals surface area (Å²) in [4.78, 5) is 4.22. The van der Waals surface area contributed by atoms with E-state index in [4.69, 9.17) is 23.2 Å². The minimum atomic E-state index is -4.36. The summed E-state index contributed by atoms with van der Waals surface area (Å²) in [7, 11) is 0. The van der Waals surface area contributed by atoms with Crippen LogP contribution in [0.4, 0.5) is 13.2 Å². The van der Waals surface area contributed by atoms with Crippen molar-refractivity contribution in [1.82, 2.24) is 5.48 Å². The van der Waals surface area contributed by atoms with Crippen molar-refractivity contribution in [2.24, 2.45) is 0 Å². The monoisotopic (exact) mass is 273 g/mol. The maximum Gasteiger partial charge on any atom is 0.413 e. The first kappa shape index (κ1) is 13.6. The van der Waals surface area contributed by atoms with Gasteiger partial charge in [0, 0.05) is 6.54 Å². The lowest BCUT2D eigenvalue weighted by Crippen LogP contribution is -2.24. The van der Waals surface area contributed by atoms with E-state index in [2.05, 4.69) is 10.3 Å². The first-order valence-corrected chi connectivity index (χ1v) is 5.00. The van der Waals surface area contributed by atoms with Crippen LogP contribution in [0.25, 0.3) is 0 Å². The van der Waals surface area contributed by atoms with Crippen molar-refractivity contribution in [2.45, 2.75) is 12.7 Å². The van der Waals surface area contributed by atoms with Gasteiger partial charge in [0.05, 0.1) is 10.0 Å². The van der Waals surface area contributed by atoms with Crippen LogP contribution in [-0.2, 0) is 11.4 Å². The summed E-state index contributed by atoms with van der Waals surface area (Å²) in [6.45, 7) is -1.30. The average molecular weight is 274 g/mol. The van der Waals surface area contributed by atoms with E-state index in [1.54, 1.807) is 18.2 Å². The number of nitrogens with one attached hydrogen (secondary N) is 1. The molecule has 2 nitrogen and oxygen atoms in total. The smallest absolute Gasteiger partial charge is 0.292 e. The van der Waals surface area contributed by atoms with Crippen molar-refractivity contribution in [3.05, 3.63) is 33.8 Å². The lowest BCUT2D eigenvalue weighted by molar-refractivity contribution is -0.190. The summed E-state index contributed by atoms with van der Waals surface area (Å²) < 4.78 is 35.1. The fourth-order valence-corrected chi connectivity index (χ4v) is 1.33. The molecule has 0 bridgehead atoms. The van der Waals surface area contributed by atoms with E-state index >= 15 is 0 Å². The molecule has 0 aromatic heterocycles. The second-order valence-electron chi connectivity index (χ2n) is 2.94. The lowest BCUT2D eigenvalue weighted by Gasteiger charge is -2.09. The molecular formula is C9H8Cl2F3NO. The van der Waals surface area contributed by atoms with Gasteiger partial charge in [0.1, 0.15) is 0 Å². The molecule has 90 valence electrons. The molecule has 0 spiro atoms. The quantitative estimate of drug-likeness (QED) is 0.669. The predicted molar refractivity (Wildman–Crippen MR) is 55.3 cm³/mol. The van der Waals surface area contributed by atoms with Crippen LogP contribution < -0.4 is 5.48 Å². The van der Waals surface area contributed by atoms with Gasteiger partial charge in [0.25, 0.3) is 0 Å². The van der Waals surface area contributed by atoms with Gasteiger partial charge in [-0.2, -0.15) is 18.7 Å². The molecule has 0 saturated carbocycles. The minimum Gasteiger partial charge on any atom is -0.292 e. The number of hydrogen-bond donors (Lipinski definition) is 1. The zero-order chi connectivity index (χ0) is 12.2. The van der Waals surface area contributed by atoms with Crippen LogP contribution in [0.15, 0.2) is 18.2 Å². The average Bonchev–Trinajstić information content (AvgIpc) is 2.17. The molecule has 1 rings (SSSR count). The van der Waals surface area contributed by atoms with Crippen molar-refractivity contribution in [3.63, 3.8) is 0 Å². The topological polar surface area (TPSA) is 21.3 Å².